The van der Waals surface area contributed by atoms with Crippen LogP contribution < -0.4 is 10.6 Å². The molecule has 1 heterocycles. The maximum absolute atomic E-state index is 12.6. The summed E-state index contributed by atoms with van der Waals surface area (Å²) in [7, 11) is 0. The van der Waals surface area contributed by atoms with E-state index in [0.29, 0.717) is 22.0 Å². The summed E-state index contributed by atoms with van der Waals surface area (Å²) in [6, 6.07) is 12.2. The highest BCUT2D eigenvalue weighted by Gasteiger charge is 2.14. The van der Waals surface area contributed by atoms with Gasteiger partial charge < -0.3 is 15.7 Å². The molecule has 0 fully saturated rings. The Morgan fingerprint density at radius 3 is 2.23 bits per heavy atom. The van der Waals surface area contributed by atoms with Crippen molar-refractivity contribution >= 4 is 58.1 Å². The Hall–Kier alpha value is -2.80. The van der Waals surface area contributed by atoms with Gasteiger partial charge in [-0.15, -0.1) is 0 Å². The lowest BCUT2D eigenvalue weighted by molar-refractivity contribution is -0.136. The number of rotatable bonds is 7. The summed E-state index contributed by atoms with van der Waals surface area (Å²) in [4.78, 5) is 27.2. The van der Waals surface area contributed by atoms with E-state index in [1.54, 1.807) is 36.4 Å². The Labute approximate surface area is 187 Å². The normalized spacial score (nSPS) is 10.5. The van der Waals surface area contributed by atoms with Crippen molar-refractivity contribution in [3.05, 3.63) is 75.5 Å². The third kappa shape index (κ3) is 5.21. The molecule has 2 aromatic carbocycles. The predicted molar refractivity (Wildman–Crippen MR) is 120 cm³/mol. The molecule has 0 unspecified atom stereocenters. The smallest absolute Gasteiger partial charge is 0.305 e. The zero-order valence-electron chi connectivity index (χ0n) is 15.5. The van der Waals surface area contributed by atoms with Crippen molar-refractivity contribution in [3.63, 3.8) is 0 Å². The van der Waals surface area contributed by atoms with Crippen LogP contribution in [-0.4, -0.2) is 28.5 Å². The number of pyridine rings is 1. The van der Waals surface area contributed by atoms with Crippen molar-refractivity contribution in [2.75, 3.05) is 17.2 Å². The van der Waals surface area contributed by atoms with Crippen molar-refractivity contribution in [2.24, 2.45) is 0 Å². The van der Waals surface area contributed by atoms with Crippen LogP contribution in [0.15, 0.2) is 54.9 Å². The number of nitrogens with one attached hydrogen (secondary N) is 2. The topological polar surface area (TPSA) is 91.3 Å². The largest absolute Gasteiger partial charge is 0.481 e. The summed E-state index contributed by atoms with van der Waals surface area (Å²) in [5.74, 6) is -1.27. The average molecular weight is 465 g/mol. The van der Waals surface area contributed by atoms with E-state index in [2.05, 4.69) is 15.6 Å². The van der Waals surface area contributed by atoms with Gasteiger partial charge in [-0.25, -0.2) is 0 Å². The van der Waals surface area contributed by atoms with E-state index in [-0.39, 0.29) is 28.9 Å². The summed E-state index contributed by atoms with van der Waals surface area (Å²) in [5, 5.41) is 15.6. The number of carboxylic acids is 1. The first kappa shape index (κ1) is 21.9. The maximum Gasteiger partial charge on any atom is 0.305 e. The molecule has 30 heavy (non-hydrogen) atoms. The number of halogens is 3. The van der Waals surface area contributed by atoms with Gasteiger partial charge in [0, 0.05) is 35.8 Å². The molecule has 0 saturated heterocycles. The highest BCUT2D eigenvalue weighted by Crippen LogP contribution is 2.35. The standard InChI is InChI=1S/C21H16Cl3N3O3/c22-14-2-1-3-17(26-9-8-18(28)29)19(14)12-4-6-13(7-5-12)21(30)27-20-15(23)10-25-11-16(20)24/h1-7,10-11,26H,8-9H2,(H,28,29)(H,25,27,30). The van der Waals surface area contributed by atoms with Gasteiger partial charge in [-0.1, -0.05) is 53.0 Å². The van der Waals surface area contributed by atoms with E-state index in [0.717, 1.165) is 11.1 Å². The van der Waals surface area contributed by atoms with Gasteiger partial charge in [0.15, 0.2) is 0 Å². The molecule has 3 N–H and O–H groups in total. The minimum absolute atomic E-state index is 0.0226. The van der Waals surface area contributed by atoms with Crippen molar-refractivity contribution in [3.8, 4) is 11.1 Å². The third-order valence-corrected chi connectivity index (χ3v) is 5.08. The molecule has 1 amide bonds. The number of hydrogen-bond acceptors (Lipinski definition) is 4. The summed E-state index contributed by atoms with van der Waals surface area (Å²) in [6.45, 7) is 0.261. The van der Waals surface area contributed by atoms with E-state index in [4.69, 9.17) is 39.9 Å². The van der Waals surface area contributed by atoms with Crippen LogP contribution in [0.5, 0.6) is 0 Å². The van der Waals surface area contributed by atoms with Crippen LogP contribution in [-0.2, 0) is 4.79 Å². The van der Waals surface area contributed by atoms with Crippen LogP contribution in [0, 0.1) is 0 Å². The van der Waals surface area contributed by atoms with Crippen molar-refractivity contribution in [2.45, 2.75) is 6.42 Å². The number of benzene rings is 2. The fourth-order valence-electron chi connectivity index (χ4n) is 2.77. The lowest BCUT2D eigenvalue weighted by Gasteiger charge is -2.14. The predicted octanol–water partition coefficient (Wildman–Crippen LogP) is 5.85. The second-order valence-electron chi connectivity index (χ2n) is 6.24. The molecule has 0 radical (unpaired) electrons. The van der Waals surface area contributed by atoms with E-state index < -0.39 is 5.97 Å². The molecule has 0 aliphatic carbocycles. The van der Waals surface area contributed by atoms with E-state index in [1.165, 1.54) is 12.4 Å². The molecule has 0 spiro atoms. The first-order valence-electron chi connectivity index (χ1n) is 8.82. The average Bonchev–Trinajstić information content (AvgIpc) is 2.71. The lowest BCUT2D eigenvalue weighted by Crippen LogP contribution is -2.12. The van der Waals surface area contributed by atoms with Crippen molar-refractivity contribution < 1.29 is 14.7 Å². The molecule has 9 heteroatoms. The van der Waals surface area contributed by atoms with Gasteiger partial charge in [-0.3, -0.25) is 14.6 Å². The fourth-order valence-corrected chi connectivity index (χ4v) is 3.52. The van der Waals surface area contributed by atoms with Gasteiger partial charge in [0.1, 0.15) is 0 Å². The molecule has 0 saturated carbocycles. The van der Waals surface area contributed by atoms with Crippen LogP contribution >= 0.6 is 34.8 Å². The fraction of sp³-hybridized carbons (Fsp3) is 0.0952. The van der Waals surface area contributed by atoms with Gasteiger partial charge in [0.25, 0.3) is 5.91 Å². The number of carbonyl (C=O) groups excluding carboxylic acids is 1. The first-order chi connectivity index (χ1) is 14.4. The first-order valence-corrected chi connectivity index (χ1v) is 9.95. The second kappa shape index (κ2) is 9.80. The SMILES string of the molecule is O=C(O)CCNc1cccc(Cl)c1-c1ccc(C(=O)Nc2c(Cl)cncc2Cl)cc1. The lowest BCUT2D eigenvalue weighted by atomic mass is 10.0. The summed E-state index contributed by atoms with van der Waals surface area (Å²) >= 11 is 18.5. The van der Waals surface area contributed by atoms with E-state index in [9.17, 15) is 9.59 Å². The van der Waals surface area contributed by atoms with Crippen LogP contribution in [0.2, 0.25) is 15.1 Å². The van der Waals surface area contributed by atoms with Crippen LogP contribution in [0.3, 0.4) is 0 Å². The zero-order chi connectivity index (χ0) is 21.7. The summed E-state index contributed by atoms with van der Waals surface area (Å²) in [6.07, 6.45) is 2.76. The zero-order valence-corrected chi connectivity index (χ0v) is 17.7. The summed E-state index contributed by atoms with van der Waals surface area (Å²) < 4.78 is 0. The number of amides is 1. The molecule has 6 nitrogen and oxygen atoms in total. The number of anilines is 2. The van der Waals surface area contributed by atoms with Gasteiger partial charge in [-0.05, 0) is 29.8 Å². The molecule has 0 bridgehead atoms. The number of carbonyl (C=O) groups is 2. The number of aromatic nitrogens is 1. The Morgan fingerprint density at radius 1 is 0.933 bits per heavy atom. The maximum atomic E-state index is 12.6. The van der Waals surface area contributed by atoms with Gasteiger partial charge in [-0.2, -0.15) is 0 Å². The Kier molecular flexibility index (Phi) is 7.15. The van der Waals surface area contributed by atoms with E-state index in [1.807, 2.05) is 6.07 Å². The van der Waals surface area contributed by atoms with Crippen LogP contribution in [0.1, 0.15) is 16.8 Å². The second-order valence-corrected chi connectivity index (χ2v) is 7.46. The molecular formula is C21H16Cl3N3O3. The quantitative estimate of drug-likeness (QED) is 0.408. The monoisotopic (exact) mass is 463 g/mol. The third-order valence-electron chi connectivity index (χ3n) is 4.20. The summed E-state index contributed by atoms with van der Waals surface area (Å²) in [5.41, 5.74) is 2.89. The van der Waals surface area contributed by atoms with Crippen molar-refractivity contribution in [1.29, 1.82) is 0 Å². The Morgan fingerprint density at radius 2 is 1.60 bits per heavy atom. The van der Waals surface area contributed by atoms with Crippen LogP contribution in [0.4, 0.5) is 11.4 Å². The molecule has 0 aliphatic rings. The molecule has 154 valence electrons. The Balaban J connectivity index is 1.82. The molecule has 1 aromatic heterocycles. The highest BCUT2D eigenvalue weighted by atomic mass is 35.5. The van der Waals surface area contributed by atoms with E-state index >= 15 is 0 Å². The Bertz CT molecular complexity index is 1070. The molecule has 3 aromatic rings. The van der Waals surface area contributed by atoms with Gasteiger partial charge in [0.2, 0.25) is 0 Å². The molecule has 0 atom stereocenters. The number of aliphatic carboxylic acids is 1. The molecular weight excluding hydrogens is 449 g/mol. The van der Waals surface area contributed by atoms with Gasteiger partial charge >= 0.3 is 5.97 Å². The minimum atomic E-state index is -0.893. The number of hydrogen-bond donors (Lipinski definition) is 3. The van der Waals surface area contributed by atoms with Crippen molar-refractivity contribution in [1.82, 2.24) is 4.98 Å². The number of nitrogens with zero attached hydrogens (tertiary/aromatic N) is 1. The molecule has 0 aliphatic heterocycles. The molecule has 3 rings (SSSR count). The highest BCUT2D eigenvalue weighted by molar-refractivity contribution is 6.39. The minimum Gasteiger partial charge on any atom is -0.481 e. The van der Waals surface area contributed by atoms with Crippen LogP contribution in [0.25, 0.3) is 11.1 Å². The van der Waals surface area contributed by atoms with Gasteiger partial charge in [0.05, 0.1) is 27.2 Å². The number of carboxylic acid groups (broad SMARTS) is 1.